The highest BCUT2D eigenvalue weighted by molar-refractivity contribution is 6.31. The van der Waals surface area contributed by atoms with E-state index in [1.807, 2.05) is 36.4 Å². The Balaban J connectivity index is 1.88. The summed E-state index contributed by atoms with van der Waals surface area (Å²) in [4.78, 5) is 28.9. The summed E-state index contributed by atoms with van der Waals surface area (Å²) in [7, 11) is 0. The number of nitriles is 1. The van der Waals surface area contributed by atoms with Crippen molar-refractivity contribution in [3.8, 4) is 6.07 Å². The Morgan fingerprint density at radius 3 is 1.90 bits per heavy atom. The van der Waals surface area contributed by atoms with Gasteiger partial charge in [-0.3, -0.25) is 9.59 Å². The molecule has 0 bridgehead atoms. The smallest absolute Gasteiger partial charge is 0.327 e. The van der Waals surface area contributed by atoms with Crippen LogP contribution >= 0.6 is 23.2 Å². The highest BCUT2D eigenvalue weighted by Crippen LogP contribution is 2.63. The van der Waals surface area contributed by atoms with Crippen LogP contribution in [-0.2, 0) is 15.1 Å². The van der Waals surface area contributed by atoms with Gasteiger partial charge in [0.05, 0.1) is 18.6 Å². The van der Waals surface area contributed by atoms with Crippen molar-refractivity contribution in [3.05, 3.63) is 141 Å². The van der Waals surface area contributed by atoms with Crippen molar-refractivity contribution in [2.75, 3.05) is 6.61 Å². The molecule has 5 rings (SSSR count). The van der Waals surface area contributed by atoms with Gasteiger partial charge in [0.2, 0.25) is 0 Å². The first-order valence-electron chi connectivity index (χ1n) is 13.7. The minimum Gasteiger partial charge on any atom is -0.465 e. The first kappa shape index (κ1) is 29.5. The summed E-state index contributed by atoms with van der Waals surface area (Å²) >= 11 is 12.4. The Morgan fingerprint density at radius 1 is 0.857 bits per heavy atom. The molecule has 0 unspecified atom stereocenters. The number of carbonyl (C=O) groups is 2. The van der Waals surface area contributed by atoms with Crippen molar-refractivity contribution in [3.63, 3.8) is 0 Å². The predicted octanol–water partition coefficient (Wildman–Crippen LogP) is 7.72. The zero-order chi connectivity index (χ0) is 29.9. The van der Waals surface area contributed by atoms with Gasteiger partial charge in [-0.25, -0.2) is 0 Å². The highest BCUT2D eigenvalue weighted by Gasteiger charge is 2.67. The van der Waals surface area contributed by atoms with Crippen molar-refractivity contribution < 1.29 is 19.4 Å². The van der Waals surface area contributed by atoms with Crippen molar-refractivity contribution in [1.82, 2.24) is 0 Å². The number of rotatable bonds is 7. The van der Waals surface area contributed by atoms with Gasteiger partial charge in [0.25, 0.3) is 0 Å². The summed E-state index contributed by atoms with van der Waals surface area (Å²) in [5.74, 6) is -4.34. The molecule has 0 aliphatic heterocycles. The fourth-order valence-electron chi connectivity index (χ4n) is 6.45. The maximum Gasteiger partial charge on any atom is 0.327 e. The molecule has 1 aliphatic rings. The summed E-state index contributed by atoms with van der Waals surface area (Å²) in [6, 6.07) is 33.6. The van der Waals surface area contributed by atoms with Gasteiger partial charge in [0, 0.05) is 27.4 Å². The number of Topliss-reactive ketones (excluding diaryl/α,β-unsaturated/α-hetero) is 1. The van der Waals surface area contributed by atoms with E-state index < -0.39 is 40.5 Å². The number of aliphatic hydroxyl groups is 1. The minimum atomic E-state index is -1.86. The molecule has 212 valence electrons. The Labute approximate surface area is 255 Å². The number of ether oxygens (including phenoxy) is 1. The van der Waals surface area contributed by atoms with Gasteiger partial charge in [0.15, 0.2) is 11.2 Å². The Hall–Kier alpha value is -3.95. The second-order valence-corrected chi connectivity index (χ2v) is 11.4. The molecule has 1 saturated carbocycles. The fourth-order valence-corrected chi connectivity index (χ4v) is 6.70. The largest absolute Gasteiger partial charge is 0.465 e. The molecule has 0 saturated heterocycles. The molecule has 4 aromatic carbocycles. The first-order chi connectivity index (χ1) is 20.3. The van der Waals surface area contributed by atoms with Gasteiger partial charge < -0.3 is 9.84 Å². The third-order valence-corrected chi connectivity index (χ3v) is 8.82. The van der Waals surface area contributed by atoms with Crippen LogP contribution in [0.3, 0.4) is 0 Å². The molecule has 1 fully saturated rings. The lowest BCUT2D eigenvalue weighted by molar-refractivity contribution is -0.164. The maximum absolute atomic E-state index is 14.7. The van der Waals surface area contributed by atoms with Crippen LogP contribution in [0.2, 0.25) is 10.0 Å². The molecular formula is C35H29Cl2NO4. The number of esters is 1. The zero-order valence-electron chi connectivity index (χ0n) is 22.9. The summed E-state index contributed by atoms with van der Waals surface area (Å²) in [5.41, 5.74) is -1.67. The molecule has 0 radical (unpaired) electrons. The molecular weight excluding hydrogens is 569 g/mol. The van der Waals surface area contributed by atoms with Gasteiger partial charge in [0.1, 0.15) is 5.60 Å². The summed E-state index contributed by atoms with van der Waals surface area (Å²) in [6.45, 7) is 1.73. The maximum atomic E-state index is 14.7. The van der Waals surface area contributed by atoms with E-state index in [2.05, 4.69) is 6.07 Å². The quantitative estimate of drug-likeness (QED) is 0.174. The van der Waals surface area contributed by atoms with Crippen LogP contribution in [0.4, 0.5) is 0 Å². The average molecular weight is 599 g/mol. The van der Waals surface area contributed by atoms with Crippen molar-refractivity contribution in [2.24, 2.45) is 11.3 Å². The highest BCUT2D eigenvalue weighted by atomic mass is 35.5. The van der Waals surface area contributed by atoms with Crippen molar-refractivity contribution in [1.29, 1.82) is 5.26 Å². The van der Waals surface area contributed by atoms with Crippen molar-refractivity contribution in [2.45, 2.75) is 30.8 Å². The number of ketones is 1. The number of carbonyl (C=O) groups excluding carboxylic acids is 2. The van der Waals surface area contributed by atoms with E-state index in [9.17, 15) is 20.0 Å². The van der Waals surface area contributed by atoms with Gasteiger partial charge in [-0.2, -0.15) is 5.26 Å². The monoisotopic (exact) mass is 597 g/mol. The third-order valence-electron chi connectivity index (χ3n) is 8.32. The lowest BCUT2D eigenvalue weighted by Crippen LogP contribution is -2.59. The topological polar surface area (TPSA) is 87.4 Å². The van der Waals surface area contributed by atoms with E-state index in [-0.39, 0.29) is 13.0 Å². The molecule has 1 aliphatic carbocycles. The van der Waals surface area contributed by atoms with Gasteiger partial charge in [-0.15, -0.1) is 0 Å². The summed E-state index contributed by atoms with van der Waals surface area (Å²) in [5, 5.41) is 25.0. The molecule has 0 spiro atoms. The number of hydrogen-bond acceptors (Lipinski definition) is 5. The molecule has 0 heterocycles. The summed E-state index contributed by atoms with van der Waals surface area (Å²) in [6.07, 6.45) is -0.0989. The van der Waals surface area contributed by atoms with Gasteiger partial charge in [-0.05, 0) is 66.4 Å². The predicted molar refractivity (Wildman–Crippen MR) is 162 cm³/mol. The second-order valence-electron chi connectivity index (χ2n) is 10.5. The molecule has 1 N–H and O–H groups in total. The van der Waals surface area contributed by atoms with Crippen LogP contribution in [0.25, 0.3) is 0 Å². The molecule has 5 atom stereocenters. The third kappa shape index (κ3) is 5.12. The van der Waals surface area contributed by atoms with E-state index >= 15 is 0 Å². The molecule has 42 heavy (non-hydrogen) atoms. The van der Waals surface area contributed by atoms with Crippen molar-refractivity contribution >= 4 is 35.0 Å². The van der Waals surface area contributed by atoms with Crippen LogP contribution in [0.5, 0.6) is 0 Å². The SMILES string of the molecule is CCOC(=O)[C@@]1(C#N)[C@H](c2ccccc2)[C@@H](C(=O)c2ccc(Cl)cc2)[C@@](O)(c2ccc(Cl)cc2)C[C@H]1c1ccccc1. The number of halogens is 2. The molecule has 5 nitrogen and oxygen atoms in total. The lowest BCUT2D eigenvalue weighted by atomic mass is 9.47. The number of benzene rings is 4. The standard InChI is InChI=1S/C35H29Cl2NO4/c1-2-42-33(40)34(22-38)29(23-9-5-3-6-10-23)21-35(41,26-15-19-28(37)20-16-26)31(30(34)24-11-7-4-8-12-24)32(39)25-13-17-27(36)18-14-25/h3-20,29-31,41H,2,21H2,1H3/t29-,30+,31-,34+,35-/m0/s1. The van der Waals surface area contributed by atoms with Crippen LogP contribution in [-0.4, -0.2) is 23.5 Å². The molecule has 0 amide bonds. The van der Waals surface area contributed by atoms with E-state index in [1.54, 1.807) is 79.7 Å². The first-order valence-corrected chi connectivity index (χ1v) is 14.5. The van der Waals surface area contributed by atoms with Crippen LogP contribution in [0.15, 0.2) is 109 Å². The zero-order valence-corrected chi connectivity index (χ0v) is 24.4. The van der Waals surface area contributed by atoms with Crippen LogP contribution in [0.1, 0.15) is 52.2 Å². The molecule has 7 heteroatoms. The van der Waals surface area contributed by atoms with E-state index in [0.29, 0.717) is 32.3 Å². The normalized spacial score (nSPS) is 25.3. The Kier molecular flexibility index (Phi) is 8.52. The van der Waals surface area contributed by atoms with E-state index in [1.165, 1.54) is 0 Å². The Bertz CT molecular complexity index is 1600. The lowest BCUT2D eigenvalue weighted by Gasteiger charge is -2.54. The Morgan fingerprint density at radius 2 is 1.38 bits per heavy atom. The number of hydrogen-bond donors (Lipinski definition) is 1. The van der Waals surface area contributed by atoms with Gasteiger partial charge >= 0.3 is 5.97 Å². The summed E-state index contributed by atoms with van der Waals surface area (Å²) < 4.78 is 5.63. The van der Waals surface area contributed by atoms with Crippen LogP contribution in [0, 0.1) is 22.7 Å². The number of nitrogens with zero attached hydrogens (tertiary/aromatic N) is 1. The fraction of sp³-hybridized carbons (Fsp3) is 0.229. The molecule has 4 aromatic rings. The van der Waals surface area contributed by atoms with Gasteiger partial charge in [-0.1, -0.05) is 96.0 Å². The van der Waals surface area contributed by atoms with E-state index in [0.717, 1.165) is 0 Å². The molecule has 0 aromatic heterocycles. The van der Waals surface area contributed by atoms with E-state index in [4.69, 9.17) is 27.9 Å². The van der Waals surface area contributed by atoms with Crippen LogP contribution < -0.4 is 0 Å². The second kappa shape index (κ2) is 12.1. The minimum absolute atomic E-state index is 0.0442. The average Bonchev–Trinajstić information content (AvgIpc) is 3.02.